The zero-order valence-electron chi connectivity index (χ0n) is 11.0. The number of hydrogen-bond acceptors (Lipinski definition) is 4. The molecule has 1 aliphatic heterocycles. The van der Waals surface area contributed by atoms with E-state index in [9.17, 15) is 0 Å². The Labute approximate surface area is 103 Å². The number of nitrogens with zero attached hydrogens (tertiary/aromatic N) is 3. The van der Waals surface area contributed by atoms with Crippen LogP contribution in [0.1, 0.15) is 38.2 Å². The summed E-state index contributed by atoms with van der Waals surface area (Å²) in [5.74, 6) is 1.37. The third kappa shape index (κ3) is 2.94. The Hall–Kier alpha value is -1.16. The van der Waals surface area contributed by atoms with Gasteiger partial charge in [-0.3, -0.25) is 0 Å². The summed E-state index contributed by atoms with van der Waals surface area (Å²) in [6, 6.07) is 0.567. The van der Waals surface area contributed by atoms with Crippen LogP contribution in [0.25, 0.3) is 0 Å². The molecule has 1 N–H and O–H groups in total. The number of aromatic nitrogens is 2. The first-order valence-corrected chi connectivity index (χ1v) is 6.45. The molecule has 1 aromatic heterocycles. The maximum atomic E-state index is 4.48. The molecule has 1 saturated heterocycles. The van der Waals surface area contributed by atoms with Crippen molar-refractivity contribution in [2.45, 2.75) is 38.6 Å². The second-order valence-corrected chi connectivity index (χ2v) is 5.04. The molecule has 1 atom stereocenters. The summed E-state index contributed by atoms with van der Waals surface area (Å²) in [6.45, 7) is 6.41. The fourth-order valence-corrected chi connectivity index (χ4v) is 2.19. The zero-order valence-corrected chi connectivity index (χ0v) is 11.0. The Balaban J connectivity index is 2.06. The highest BCUT2D eigenvalue weighted by molar-refractivity contribution is 5.31. The first-order valence-electron chi connectivity index (χ1n) is 6.45. The van der Waals surface area contributed by atoms with Crippen molar-refractivity contribution in [3.63, 3.8) is 0 Å². The molecule has 0 saturated carbocycles. The van der Waals surface area contributed by atoms with E-state index in [1.54, 1.807) is 0 Å². The molecular formula is C13H22N4. The predicted molar refractivity (Wildman–Crippen MR) is 70.4 cm³/mol. The van der Waals surface area contributed by atoms with Crippen LogP contribution in [0.15, 0.2) is 12.4 Å². The molecule has 0 spiro atoms. The standard InChI is InChI=1S/C13H22N4/c1-10(2)11-7-15-13(16-8-11)17-6-4-5-12(9-17)14-3/h7-8,10,12,14H,4-6,9H2,1-3H3. The molecule has 4 nitrogen and oxygen atoms in total. The van der Waals surface area contributed by atoms with Crippen LogP contribution in [-0.2, 0) is 0 Å². The van der Waals surface area contributed by atoms with E-state index in [-0.39, 0.29) is 0 Å². The summed E-state index contributed by atoms with van der Waals surface area (Å²) in [5.41, 5.74) is 1.20. The van der Waals surface area contributed by atoms with Crippen LogP contribution in [0.4, 0.5) is 5.95 Å². The van der Waals surface area contributed by atoms with Crippen LogP contribution >= 0.6 is 0 Å². The monoisotopic (exact) mass is 234 g/mol. The van der Waals surface area contributed by atoms with Crippen molar-refractivity contribution in [2.75, 3.05) is 25.0 Å². The van der Waals surface area contributed by atoms with Gasteiger partial charge in [0.2, 0.25) is 5.95 Å². The van der Waals surface area contributed by atoms with E-state index in [1.807, 2.05) is 19.4 Å². The molecule has 0 aromatic carbocycles. The molecule has 2 heterocycles. The fourth-order valence-electron chi connectivity index (χ4n) is 2.19. The second-order valence-electron chi connectivity index (χ2n) is 5.04. The minimum atomic E-state index is 0.496. The van der Waals surface area contributed by atoms with E-state index in [4.69, 9.17) is 0 Å². The van der Waals surface area contributed by atoms with Crippen LogP contribution < -0.4 is 10.2 Å². The van der Waals surface area contributed by atoms with Crippen LogP contribution in [0.2, 0.25) is 0 Å². The zero-order chi connectivity index (χ0) is 12.3. The quantitative estimate of drug-likeness (QED) is 0.865. The summed E-state index contributed by atoms with van der Waals surface area (Å²) in [4.78, 5) is 11.2. The Morgan fingerprint density at radius 2 is 2.06 bits per heavy atom. The van der Waals surface area contributed by atoms with E-state index < -0.39 is 0 Å². The van der Waals surface area contributed by atoms with Gasteiger partial charge in [-0.25, -0.2) is 9.97 Å². The predicted octanol–water partition coefficient (Wildman–Crippen LogP) is 1.79. The molecule has 94 valence electrons. The topological polar surface area (TPSA) is 41.0 Å². The van der Waals surface area contributed by atoms with E-state index in [1.165, 1.54) is 18.4 Å². The Morgan fingerprint density at radius 1 is 1.35 bits per heavy atom. The van der Waals surface area contributed by atoms with Crippen molar-refractivity contribution in [2.24, 2.45) is 0 Å². The highest BCUT2D eigenvalue weighted by atomic mass is 15.3. The Morgan fingerprint density at radius 3 is 2.65 bits per heavy atom. The molecule has 17 heavy (non-hydrogen) atoms. The van der Waals surface area contributed by atoms with Gasteiger partial charge in [0.25, 0.3) is 0 Å². The SMILES string of the molecule is CNC1CCCN(c2ncc(C(C)C)cn2)C1. The van der Waals surface area contributed by atoms with E-state index in [2.05, 4.69) is 34.0 Å². The lowest BCUT2D eigenvalue weighted by atomic mass is 10.1. The highest BCUT2D eigenvalue weighted by Gasteiger charge is 2.20. The lowest BCUT2D eigenvalue weighted by Crippen LogP contribution is -2.45. The largest absolute Gasteiger partial charge is 0.339 e. The minimum absolute atomic E-state index is 0.496. The summed E-state index contributed by atoms with van der Waals surface area (Å²) in [5, 5.41) is 3.34. The average molecular weight is 234 g/mol. The number of anilines is 1. The van der Waals surface area contributed by atoms with Gasteiger partial charge < -0.3 is 10.2 Å². The van der Waals surface area contributed by atoms with Crippen molar-refractivity contribution < 1.29 is 0 Å². The number of nitrogens with one attached hydrogen (secondary N) is 1. The lowest BCUT2D eigenvalue weighted by Gasteiger charge is -2.32. The number of rotatable bonds is 3. The summed E-state index contributed by atoms with van der Waals surface area (Å²) >= 11 is 0. The molecule has 1 aromatic rings. The van der Waals surface area contributed by atoms with Crippen molar-refractivity contribution >= 4 is 5.95 Å². The average Bonchev–Trinajstić information content (AvgIpc) is 2.39. The van der Waals surface area contributed by atoms with Gasteiger partial charge in [0, 0.05) is 31.5 Å². The second kappa shape index (κ2) is 5.45. The van der Waals surface area contributed by atoms with E-state index in [0.717, 1.165) is 19.0 Å². The number of likely N-dealkylation sites (N-methyl/N-ethyl adjacent to an activating group) is 1. The normalized spacial score (nSPS) is 20.9. The molecule has 2 rings (SSSR count). The van der Waals surface area contributed by atoms with Crippen LogP contribution in [0.5, 0.6) is 0 Å². The molecule has 1 aliphatic rings. The summed E-state index contributed by atoms with van der Waals surface area (Å²) in [7, 11) is 2.02. The summed E-state index contributed by atoms with van der Waals surface area (Å²) < 4.78 is 0. The smallest absolute Gasteiger partial charge is 0.225 e. The minimum Gasteiger partial charge on any atom is -0.339 e. The van der Waals surface area contributed by atoms with Crippen molar-refractivity contribution in [3.05, 3.63) is 18.0 Å². The van der Waals surface area contributed by atoms with Crippen LogP contribution in [-0.4, -0.2) is 36.1 Å². The Bertz CT molecular complexity index is 347. The van der Waals surface area contributed by atoms with Crippen LogP contribution in [0, 0.1) is 0 Å². The third-order valence-electron chi connectivity index (χ3n) is 3.44. The molecule has 0 bridgehead atoms. The molecule has 1 unspecified atom stereocenters. The van der Waals surface area contributed by atoms with Gasteiger partial charge >= 0.3 is 0 Å². The first-order chi connectivity index (χ1) is 8.20. The molecule has 0 aliphatic carbocycles. The van der Waals surface area contributed by atoms with E-state index >= 15 is 0 Å². The van der Waals surface area contributed by atoms with Crippen molar-refractivity contribution in [1.82, 2.24) is 15.3 Å². The molecular weight excluding hydrogens is 212 g/mol. The molecule has 1 fully saturated rings. The van der Waals surface area contributed by atoms with Gasteiger partial charge in [-0.2, -0.15) is 0 Å². The lowest BCUT2D eigenvalue weighted by molar-refractivity contribution is 0.445. The van der Waals surface area contributed by atoms with Gasteiger partial charge in [-0.15, -0.1) is 0 Å². The van der Waals surface area contributed by atoms with E-state index in [0.29, 0.717) is 12.0 Å². The molecule has 0 radical (unpaired) electrons. The first kappa shape index (κ1) is 12.3. The van der Waals surface area contributed by atoms with Crippen molar-refractivity contribution in [1.29, 1.82) is 0 Å². The van der Waals surface area contributed by atoms with Gasteiger partial charge in [-0.1, -0.05) is 13.8 Å². The third-order valence-corrected chi connectivity index (χ3v) is 3.44. The van der Waals surface area contributed by atoms with Gasteiger partial charge in [0.15, 0.2) is 0 Å². The fraction of sp³-hybridized carbons (Fsp3) is 0.692. The van der Waals surface area contributed by atoms with Gasteiger partial charge in [0.1, 0.15) is 0 Å². The Kier molecular flexibility index (Phi) is 3.94. The van der Waals surface area contributed by atoms with Crippen LogP contribution in [0.3, 0.4) is 0 Å². The number of hydrogen-bond donors (Lipinski definition) is 1. The maximum absolute atomic E-state index is 4.48. The number of piperidine rings is 1. The maximum Gasteiger partial charge on any atom is 0.225 e. The molecule has 0 amide bonds. The molecule has 4 heteroatoms. The van der Waals surface area contributed by atoms with Gasteiger partial charge in [-0.05, 0) is 31.4 Å². The van der Waals surface area contributed by atoms with Crippen molar-refractivity contribution in [3.8, 4) is 0 Å². The summed E-state index contributed by atoms with van der Waals surface area (Å²) in [6.07, 6.45) is 6.36. The van der Waals surface area contributed by atoms with Gasteiger partial charge in [0.05, 0.1) is 0 Å². The highest BCUT2D eigenvalue weighted by Crippen LogP contribution is 2.17.